The summed E-state index contributed by atoms with van der Waals surface area (Å²) in [4.78, 5) is 0. The van der Waals surface area contributed by atoms with E-state index in [1.165, 1.54) is 16.3 Å². The van der Waals surface area contributed by atoms with Crippen LogP contribution in [0.2, 0.25) is 0 Å². The monoisotopic (exact) mass is 235 g/mol. The van der Waals surface area contributed by atoms with Gasteiger partial charge < -0.3 is 5.73 Å². The second-order valence-corrected chi connectivity index (χ2v) is 3.90. The molecule has 13 heavy (non-hydrogen) atoms. The maximum Gasteiger partial charge on any atom is 0.0184 e. The van der Waals surface area contributed by atoms with Gasteiger partial charge in [0.25, 0.3) is 0 Å². The molecule has 0 bridgehead atoms. The van der Waals surface area contributed by atoms with E-state index in [2.05, 4.69) is 40.2 Å². The van der Waals surface area contributed by atoms with E-state index in [1.54, 1.807) is 0 Å². The molecule has 2 aromatic carbocycles. The van der Waals surface area contributed by atoms with Crippen molar-refractivity contribution in [1.82, 2.24) is 0 Å². The highest BCUT2D eigenvalue weighted by molar-refractivity contribution is 9.10. The first-order chi connectivity index (χ1) is 6.31. The van der Waals surface area contributed by atoms with E-state index < -0.39 is 0 Å². The van der Waals surface area contributed by atoms with Gasteiger partial charge in [-0.2, -0.15) is 0 Å². The van der Waals surface area contributed by atoms with Crippen LogP contribution in [0.5, 0.6) is 0 Å². The molecule has 2 aromatic rings. The summed E-state index contributed by atoms with van der Waals surface area (Å²) >= 11 is 3.45. The summed E-state index contributed by atoms with van der Waals surface area (Å²) in [6, 6.07) is 12.4. The molecule has 0 heterocycles. The van der Waals surface area contributed by atoms with Gasteiger partial charge in [-0.15, -0.1) is 0 Å². The van der Waals surface area contributed by atoms with E-state index in [1.807, 2.05) is 12.1 Å². The van der Waals surface area contributed by atoms with Gasteiger partial charge in [-0.3, -0.25) is 0 Å². The van der Waals surface area contributed by atoms with Gasteiger partial charge in [0.05, 0.1) is 0 Å². The predicted octanol–water partition coefficient (Wildman–Crippen LogP) is 3.06. The van der Waals surface area contributed by atoms with Crippen LogP contribution in [0.15, 0.2) is 40.9 Å². The highest BCUT2D eigenvalue weighted by Gasteiger charge is 1.98. The van der Waals surface area contributed by atoms with Gasteiger partial charge in [0.15, 0.2) is 0 Å². The minimum absolute atomic E-state index is 0.596. The molecule has 0 aliphatic heterocycles. The third kappa shape index (κ3) is 1.60. The average Bonchev–Trinajstić information content (AvgIpc) is 2.16. The molecule has 66 valence electrons. The van der Waals surface area contributed by atoms with Crippen LogP contribution in [-0.2, 0) is 6.54 Å². The summed E-state index contributed by atoms with van der Waals surface area (Å²) in [5.74, 6) is 0. The summed E-state index contributed by atoms with van der Waals surface area (Å²) in [5.41, 5.74) is 6.84. The largest absolute Gasteiger partial charge is 0.326 e. The number of benzene rings is 2. The van der Waals surface area contributed by atoms with Gasteiger partial charge in [0.1, 0.15) is 0 Å². The van der Waals surface area contributed by atoms with Crippen molar-refractivity contribution in [2.45, 2.75) is 6.54 Å². The fourth-order valence-corrected chi connectivity index (χ4v) is 1.88. The third-order valence-corrected chi connectivity index (χ3v) is 2.65. The molecule has 0 atom stereocenters. The Morgan fingerprint density at radius 2 is 2.00 bits per heavy atom. The zero-order valence-electron chi connectivity index (χ0n) is 7.13. The van der Waals surface area contributed by atoms with Crippen molar-refractivity contribution in [3.05, 3.63) is 46.4 Å². The first-order valence-corrected chi connectivity index (χ1v) is 4.98. The molecule has 0 spiro atoms. The standard InChI is InChI=1S/C11H10BrN/c12-10-4-5-11-8(6-10)2-1-3-9(11)7-13/h1-6H,7,13H2. The van der Waals surface area contributed by atoms with Crippen molar-refractivity contribution in [2.24, 2.45) is 5.73 Å². The van der Waals surface area contributed by atoms with Crippen molar-refractivity contribution < 1.29 is 0 Å². The average molecular weight is 236 g/mol. The number of nitrogens with two attached hydrogens (primary N) is 1. The predicted molar refractivity (Wildman–Crippen MR) is 59.5 cm³/mol. The summed E-state index contributed by atoms with van der Waals surface area (Å²) < 4.78 is 1.11. The lowest BCUT2D eigenvalue weighted by molar-refractivity contribution is 1.09. The van der Waals surface area contributed by atoms with E-state index in [4.69, 9.17) is 5.73 Å². The van der Waals surface area contributed by atoms with E-state index in [-0.39, 0.29) is 0 Å². The van der Waals surface area contributed by atoms with Crippen molar-refractivity contribution in [2.75, 3.05) is 0 Å². The van der Waals surface area contributed by atoms with E-state index in [0.29, 0.717) is 6.54 Å². The topological polar surface area (TPSA) is 26.0 Å². The van der Waals surface area contributed by atoms with Crippen LogP contribution >= 0.6 is 15.9 Å². The molecular formula is C11H10BrN. The Balaban J connectivity index is 2.77. The highest BCUT2D eigenvalue weighted by atomic mass is 79.9. The van der Waals surface area contributed by atoms with Gasteiger partial charge in [-0.1, -0.05) is 40.2 Å². The van der Waals surface area contributed by atoms with E-state index in [0.717, 1.165) is 4.47 Å². The summed E-state index contributed by atoms with van der Waals surface area (Å²) in [6.45, 7) is 0.596. The molecule has 0 aromatic heterocycles. The van der Waals surface area contributed by atoms with Crippen molar-refractivity contribution in [3.63, 3.8) is 0 Å². The quantitative estimate of drug-likeness (QED) is 0.808. The number of rotatable bonds is 1. The van der Waals surface area contributed by atoms with Gasteiger partial charge in [0.2, 0.25) is 0 Å². The van der Waals surface area contributed by atoms with Crippen LogP contribution in [0.1, 0.15) is 5.56 Å². The molecule has 0 saturated heterocycles. The highest BCUT2D eigenvalue weighted by Crippen LogP contribution is 2.22. The Hall–Kier alpha value is -0.860. The molecule has 1 nitrogen and oxygen atoms in total. The van der Waals surface area contributed by atoms with Gasteiger partial charge >= 0.3 is 0 Å². The number of hydrogen-bond donors (Lipinski definition) is 1. The fourth-order valence-electron chi connectivity index (χ4n) is 1.50. The number of halogens is 1. The van der Waals surface area contributed by atoms with Crippen molar-refractivity contribution in [1.29, 1.82) is 0 Å². The van der Waals surface area contributed by atoms with Gasteiger partial charge in [-0.05, 0) is 28.5 Å². The molecule has 0 fully saturated rings. The molecule has 0 unspecified atom stereocenters. The SMILES string of the molecule is NCc1cccc2cc(Br)ccc12. The molecule has 0 saturated carbocycles. The minimum Gasteiger partial charge on any atom is -0.326 e. The smallest absolute Gasteiger partial charge is 0.0184 e. The lowest BCUT2D eigenvalue weighted by Gasteiger charge is -2.03. The molecule has 0 radical (unpaired) electrons. The Labute approximate surface area is 85.7 Å². The number of hydrogen-bond acceptors (Lipinski definition) is 1. The van der Waals surface area contributed by atoms with Crippen LogP contribution in [-0.4, -0.2) is 0 Å². The molecular weight excluding hydrogens is 226 g/mol. The molecule has 0 aliphatic rings. The zero-order valence-corrected chi connectivity index (χ0v) is 8.71. The van der Waals surface area contributed by atoms with Crippen LogP contribution in [0.4, 0.5) is 0 Å². The second kappa shape index (κ2) is 3.48. The minimum atomic E-state index is 0.596. The van der Waals surface area contributed by atoms with Crippen LogP contribution in [0.25, 0.3) is 10.8 Å². The molecule has 2 heteroatoms. The van der Waals surface area contributed by atoms with E-state index >= 15 is 0 Å². The first kappa shape index (κ1) is 8.73. The van der Waals surface area contributed by atoms with Crippen LogP contribution < -0.4 is 5.73 Å². The molecule has 2 N–H and O–H groups in total. The Morgan fingerprint density at radius 1 is 1.15 bits per heavy atom. The summed E-state index contributed by atoms with van der Waals surface area (Å²) in [5, 5.41) is 2.48. The van der Waals surface area contributed by atoms with Gasteiger partial charge in [-0.25, -0.2) is 0 Å². The normalized spacial score (nSPS) is 10.6. The second-order valence-electron chi connectivity index (χ2n) is 2.99. The van der Waals surface area contributed by atoms with Gasteiger partial charge in [0, 0.05) is 11.0 Å². The fraction of sp³-hybridized carbons (Fsp3) is 0.0909. The Bertz CT molecular complexity index is 437. The zero-order chi connectivity index (χ0) is 9.26. The number of fused-ring (bicyclic) bond motifs is 1. The van der Waals surface area contributed by atoms with Crippen LogP contribution in [0, 0.1) is 0 Å². The van der Waals surface area contributed by atoms with Crippen molar-refractivity contribution in [3.8, 4) is 0 Å². The lowest BCUT2D eigenvalue weighted by Crippen LogP contribution is -1.96. The Kier molecular flexibility index (Phi) is 2.34. The summed E-state index contributed by atoms with van der Waals surface area (Å²) in [7, 11) is 0. The third-order valence-electron chi connectivity index (χ3n) is 2.15. The summed E-state index contributed by atoms with van der Waals surface area (Å²) in [6.07, 6.45) is 0. The van der Waals surface area contributed by atoms with Crippen molar-refractivity contribution >= 4 is 26.7 Å². The van der Waals surface area contributed by atoms with Crippen LogP contribution in [0.3, 0.4) is 0 Å². The molecule has 0 aliphatic carbocycles. The lowest BCUT2D eigenvalue weighted by atomic mass is 10.1. The van der Waals surface area contributed by atoms with E-state index in [9.17, 15) is 0 Å². The molecule has 2 rings (SSSR count). The maximum absolute atomic E-state index is 5.64. The molecule has 0 amide bonds. The Morgan fingerprint density at radius 3 is 2.77 bits per heavy atom. The maximum atomic E-state index is 5.64. The first-order valence-electron chi connectivity index (χ1n) is 4.18.